The molecule has 1 rings (SSSR count). The highest BCUT2D eigenvalue weighted by molar-refractivity contribution is 9.10. The van der Waals surface area contributed by atoms with Crippen LogP contribution in [0.1, 0.15) is 24.2 Å². The molecule has 0 radical (unpaired) electrons. The summed E-state index contributed by atoms with van der Waals surface area (Å²) < 4.78 is 25.6. The Labute approximate surface area is 102 Å². The zero-order valence-corrected chi connectivity index (χ0v) is 10.6. The first-order valence-corrected chi connectivity index (χ1v) is 5.60. The molecule has 16 heavy (non-hydrogen) atoms. The van der Waals surface area contributed by atoms with Crippen LogP contribution in [0.25, 0.3) is 0 Å². The Morgan fingerprint density at radius 1 is 1.38 bits per heavy atom. The third-order valence-corrected chi connectivity index (χ3v) is 2.90. The highest BCUT2D eigenvalue weighted by Crippen LogP contribution is 2.32. The Morgan fingerprint density at radius 3 is 2.31 bits per heavy atom. The molecule has 0 saturated carbocycles. The molecule has 4 heteroatoms. The molecule has 0 bridgehead atoms. The highest BCUT2D eigenvalue weighted by atomic mass is 79.9. The number of hydrogen-bond acceptors (Lipinski definition) is 1. The molecular weight excluding hydrogens is 278 g/mol. The van der Waals surface area contributed by atoms with Crippen molar-refractivity contribution < 1.29 is 13.9 Å². The lowest BCUT2D eigenvalue weighted by Gasteiger charge is -2.12. The van der Waals surface area contributed by atoms with Gasteiger partial charge in [0.1, 0.15) is 0 Å². The molecule has 0 heterocycles. The molecule has 0 saturated heterocycles. The van der Waals surface area contributed by atoms with E-state index in [1.54, 1.807) is 12.1 Å². The Morgan fingerprint density at radius 2 is 1.88 bits per heavy atom. The van der Waals surface area contributed by atoms with Gasteiger partial charge in [0.2, 0.25) is 0 Å². The van der Waals surface area contributed by atoms with Crippen molar-refractivity contribution in [3.63, 3.8) is 0 Å². The van der Waals surface area contributed by atoms with Crippen molar-refractivity contribution >= 4 is 15.9 Å². The van der Waals surface area contributed by atoms with Crippen molar-refractivity contribution in [1.29, 1.82) is 0 Å². The second-order valence-corrected chi connectivity index (χ2v) is 4.70. The molecule has 0 amide bonds. The molecule has 0 aliphatic rings. The molecule has 0 fully saturated rings. The van der Waals surface area contributed by atoms with Gasteiger partial charge in [0.05, 0.1) is 6.10 Å². The fraction of sp³-hybridized carbons (Fsp3) is 0.333. The van der Waals surface area contributed by atoms with Gasteiger partial charge in [-0.2, -0.15) is 8.78 Å². The first kappa shape index (κ1) is 13.3. The predicted molar refractivity (Wildman–Crippen MR) is 63.8 cm³/mol. The maximum absolute atomic E-state index is 12.8. The van der Waals surface area contributed by atoms with Crippen LogP contribution in [0.3, 0.4) is 0 Å². The first-order valence-electron chi connectivity index (χ1n) is 4.81. The van der Waals surface area contributed by atoms with Crippen LogP contribution in [0.4, 0.5) is 8.78 Å². The Hall–Kier alpha value is -0.740. The molecule has 1 unspecified atom stereocenters. The lowest BCUT2D eigenvalue weighted by atomic mass is 10.1. The normalized spacial score (nSPS) is 15.0. The summed E-state index contributed by atoms with van der Waals surface area (Å²) in [5.74, 6) is 0. The average molecular weight is 291 g/mol. The fourth-order valence-corrected chi connectivity index (χ4v) is 1.32. The second-order valence-electron chi connectivity index (χ2n) is 3.70. The van der Waals surface area contributed by atoms with Crippen LogP contribution < -0.4 is 0 Å². The zero-order valence-electron chi connectivity index (χ0n) is 9.05. The van der Waals surface area contributed by atoms with Crippen LogP contribution in [0, 0.1) is 6.92 Å². The van der Waals surface area contributed by atoms with E-state index in [0.29, 0.717) is 5.56 Å². The summed E-state index contributed by atoms with van der Waals surface area (Å²) in [6.07, 6.45) is 0.128. The molecule has 0 aliphatic carbocycles. The van der Waals surface area contributed by atoms with Crippen molar-refractivity contribution in [2.45, 2.75) is 24.8 Å². The molecular formula is C12H13BrF2O. The summed E-state index contributed by atoms with van der Waals surface area (Å²) in [5.41, 5.74) is 1.45. The smallest absolute Gasteiger partial charge is 0.322 e. The van der Waals surface area contributed by atoms with Gasteiger partial charge in [-0.05, 0) is 41.4 Å². The van der Waals surface area contributed by atoms with Gasteiger partial charge in [-0.25, -0.2) is 0 Å². The van der Waals surface area contributed by atoms with Gasteiger partial charge < -0.3 is 5.11 Å². The molecule has 0 spiro atoms. The summed E-state index contributed by atoms with van der Waals surface area (Å²) in [5, 5.41) is 9.71. The predicted octanol–water partition coefficient (Wildman–Crippen LogP) is 3.96. The van der Waals surface area contributed by atoms with E-state index in [2.05, 4.69) is 15.9 Å². The van der Waals surface area contributed by atoms with Gasteiger partial charge in [0, 0.05) is 5.57 Å². The van der Waals surface area contributed by atoms with E-state index < -0.39 is 10.9 Å². The van der Waals surface area contributed by atoms with Gasteiger partial charge in [-0.3, -0.25) is 0 Å². The Kier molecular flexibility index (Phi) is 4.21. The maximum Gasteiger partial charge on any atom is 0.322 e. The Balaban J connectivity index is 2.87. The monoisotopic (exact) mass is 290 g/mol. The standard InChI is InChI=1S/C12H13BrF2O/c1-8-3-5-10(6-4-8)11(16)7-9(2)12(13,14)15/h3-7,11,16H,1-2H3/b9-7+. The quantitative estimate of drug-likeness (QED) is 0.660. The van der Waals surface area contributed by atoms with E-state index in [9.17, 15) is 13.9 Å². The van der Waals surface area contributed by atoms with Crippen LogP contribution >= 0.6 is 15.9 Å². The van der Waals surface area contributed by atoms with Crippen LogP contribution in [0.15, 0.2) is 35.9 Å². The second kappa shape index (κ2) is 5.06. The zero-order chi connectivity index (χ0) is 12.3. The number of aliphatic hydroxyl groups is 1. The van der Waals surface area contributed by atoms with Gasteiger partial charge in [-0.1, -0.05) is 29.8 Å². The summed E-state index contributed by atoms with van der Waals surface area (Å²) in [6.45, 7) is 3.19. The Bertz CT molecular complexity index is 379. The van der Waals surface area contributed by atoms with Gasteiger partial charge >= 0.3 is 4.83 Å². The molecule has 1 N–H and O–H groups in total. The minimum Gasteiger partial charge on any atom is -0.384 e. The van der Waals surface area contributed by atoms with Crippen LogP contribution in [-0.2, 0) is 0 Å². The van der Waals surface area contributed by atoms with Gasteiger partial charge in [0.25, 0.3) is 0 Å². The SMILES string of the molecule is C/C(=C\C(O)c1ccc(C)cc1)C(F)(F)Br. The van der Waals surface area contributed by atoms with Crippen molar-refractivity contribution in [3.05, 3.63) is 47.0 Å². The minimum atomic E-state index is -3.07. The summed E-state index contributed by atoms with van der Waals surface area (Å²) >= 11 is 2.24. The number of alkyl halides is 3. The average Bonchev–Trinajstić information content (AvgIpc) is 2.17. The fourth-order valence-electron chi connectivity index (χ4n) is 1.19. The van der Waals surface area contributed by atoms with E-state index >= 15 is 0 Å². The summed E-state index contributed by atoms with van der Waals surface area (Å²) in [6, 6.07) is 7.09. The van der Waals surface area contributed by atoms with Crippen molar-refractivity contribution in [2.75, 3.05) is 0 Å². The van der Waals surface area contributed by atoms with E-state index in [0.717, 1.165) is 11.6 Å². The molecule has 88 valence electrons. The number of benzene rings is 1. The summed E-state index contributed by atoms with van der Waals surface area (Å²) in [7, 11) is 0. The van der Waals surface area contributed by atoms with E-state index in [1.807, 2.05) is 19.1 Å². The van der Waals surface area contributed by atoms with E-state index in [1.165, 1.54) is 6.92 Å². The lowest BCUT2D eigenvalue weighted by Crippen LogP contribution is -2.08. The van der Waals surface area contributed by atoms with Crippen LogP contribution in [-0.4, -0.2) is 9.94 Å². The topological polar surface area (TPSA) is 20.2 Å². The molecule has 1 aromatic carbocycles. The van der Waals surface area contributed by atoms with Crippen molar-refractivity contribution in [3.8, 4) is 0 Å². The number of allylic oxidation sites excluding steroid dienone is 1. The van der Waals surface area contributed by atoms with Crippen molar-refractivity contribution in [1.82, 2.24) is 0 Å². The summed E-state index contributed by atoms with van der Waals surface area (Å²) in [4.78, 5) is -3.07. The molecule has 1 nitrogen and oxygen atoms in total. The van der Waals surface area contributed by atoms with E-state index in [4.69, 9.17) is 0 Å². The largest absolute Gasteiger partial charge is 0.384 e. The third-order valence-electron chi connectivity index (χ3n) is 2.27. The van der Waals surface area contributed by atoms with Gasteiger partial charge in [0.15, 0.2) is 0 Å². The van der Waals surface area contributed by atoms with Crippen LogP contribution in [0.5, 0.6) is 0 Å². The first-order chi connectivity index (χ1) is 7.30. The number of halogens is 3. The minimum absolute atomic E-state index is 0.208. The van der Waals surface area contributed by atoms with Gasteiger partial charge in [-0.15, -0.1) is 0 Å². The third kappa shape index (κ3) is 3.68. The molecule has 1 aromatic rings. The molecule has 1 atom stereocenters. The number of rotatable bonds is 3. The molecule has 0 aliphatic heterocycles. The number of aryl methyl sites for hydroxylation is 1. The lowest BCUT2D eigenvalue weighted by molar-refractivity contribution is 0.151. The van der Waals surface area contributed by atoms with E-state index in [-0.39, 0.29) is 5.57 Å². The molecule has 0 aromatic heterocycles. The number of aliphatic hydroxyl groups excluding tert-OH is 1. The maximum atomic E-state index is 12.8. The number of hydrogen-bond donors (Lipinski definition) is 1. The van der Waals surface area contributed by atoms with Crippen LogP contribution in [0.2, 0.25) is 0 Å². The van der Waals surface area contributed by atoms with Crippen molar-refractivity contribution in [2.24, 2.45) is 0 Å². The highest BCUT2D eigenvalue weighted by Gasteiger charge is 2.27.